The van der Waals surface area contributed by atoms with Gasteiger partial charge in [0.15, 0.2) is 0 Å². The molecule has 13 heavy (non-hydrogen) atoms. The molecule has 0 radical (unpaired) electrons. The Morgan fingerprint density at radius 1 is 1.69 bits per heavy atom. The maximum atomic E-state index is 10.9. The van der Waals surface area contributed by atoms with Crippen LogP contribution in [-0.4, -0.2) is 16.1 Å². The molecule has 0 aliphatic carbocycles. The quantitative estimate of drug-likeness (QED) is 0.360. The van der Waals surface area contributed by atoms with Crippen molar-refractivity contribution in [2.45, 2.75) is 29.9 Å². The minimum atomic E-state index is -1.83. The Hall–Kier alpha value is 0.850. The highest BCUT2D eigenvalue weighted by Gasteiger charge is 2.47. The Balaban J connectivity index is 2.74. The lowest BCUT2D eigenvalue weighted by Gasteiger charge is -2.21. The summed E-state index contributed by atoms with van der Waals surface area (Å²) >= 11 is 3.76. The summed E-state index contributed by atoms with van der Waals surface area (Å²) in [7, 11) is 1.62. The smallest absolute Gasteiger partial charge is 0.130 e. The summed E-state index contributed by atoms with van der Waals surface area (Å²) in [6.07, 6.45) is 1.77. The number of hydrogen-bond donors (Lipinski definition) is 1. The molecule has 1 rings (SSSR count). The Morgan fingerprint density at radius 3 is 2.77 bits per heavy atom. The highest BCUT2D eigenvalue weighted by Crippen LogP contribution is 2.54. The Bertz CT molecular complexity index is 232. The number of thiol groups is 1. The van der Waals surface area contributed by atoms with Crippen molar-refractivity contribution in [3.63, 3.8) is 0 Å². The molecule has 1 aliphatic heterocycles. The van der Waals surface area contributed by atoms with E-state index >= 15 is 0 Å². The SMILES string of the molecule is C=C[C@H]1SSC(C)(C)[C@H]1O[P+](=O)S. The molecule has 0 amide bonds. The van der Waals surface area contributed by atoms with Crippen molar-refractivity contribution < 1.29 is 9.09 Å². The van der Waals surface area contributed by atoms with E-state index in [0.717, 1.165) is 0 Å². The van der Waals surface area contributed by atoms with Gasteiger partial charge in [0, 0.05) is 0 Å². The fourth-order valence-corrected chi connectivity index (χ4v) is 5.38. The minimum Gasteiger partial charge on any atom is -0.130 e. The van der Waals surface area contributed by atoms with Gasteiger partial charge in [-0.1, -0.05) is 27.7 Å². The van der Waals surface area contributed by atoms with E-state index in [1.165, 1.54) is 0 Å². The third kappa shape index (κ3) is 2.90. The van der Waals surface area contributed by atoms with Gasteiger partial charge in [0.05, 0.1) is 10.00 Å². The standard InChI is InChI=1S/C7H11O2PS3/c1-4-5-6(9-10(8)11)7(2,3)13-12-5/h4-6H,1H2,2-3H3/p+1/t5-,6+/m1/s1. The van der Waals surface area contributed by atoms with E-state index < -0.39 is 7.23 Å². The highest BCUT2D eigenvalue weighted by atomic mass is 33.1. The molecule has 1 unspecified atom stereocenters. The topological polar surface area (TPSA) is 26.3 Å². The number of hydrogen-bond acceptors (Lipinski definition) is 4. The Labute approximate surface area is 92.7 Å². The third-order valence-electron chi connectivity index (χ3n) is 1.79. The average Bonchev–Trinajstić information content (AvgIpc) is 2.27. The largest absolute Gasteiger partial charge is 0.582 e. The molecular formula is C7H12O2PS3+. The van der Waals surface area contributed by atoms with Crippen LogP contribution >= 0.6 is 41.1 Å². The zero-order valence-electron chi connectivity index (χ0n) is 7.47. The molecular weight excluding hydrogens is 243 g/mol. The van der Waals surface area contributed by atoms with Crippen LogP contribution in [0.2, 0.25) is 0 Å². The predicted molar refractivity (Wildman–Crippen MR) is 64.7 cm³/mol. The van der Waals surface area contributed by atoms with E-state index in [4.69, 9.17) is 4.52 Å². The zero-order chi connectivity index (χ0) is 10.1. The first-order valence-corrected chi connectivity index (χ1v) is 8.31. The van der Waals surface area contributed by atoms with Crippen molar-refractivity contribution in [2.75, 3.05) is 0 Å². The van der Waals surface area contributed by atoms with Crippen LogP contribution in [0.25, 0.3) is 0 Å². The van der Waals surface area contributed by atoms with Crippen molar-refractivity contribution in [3.05, 3.63) is 12.7 Å². The van der Waals surface area contributed by atoms with Gasteiger partial charge < -0.3 is 0 Å². The monoisotopic (exact) mass is 255 g/mol. The van der Waals surface area contributed by atoms with E-state index in [2.05, 4.69) is 32.7 Å². The molecule has 74 valence electrons. The van der Waals surface area contributed by atoms with Crippen LogP contribution in [0, 0.1) is 0 Å². The zero-order valence-corrected chi connectivity index (χ0v) is 10.9. The molecule has 1 saturated heterocycles. The lowest BCUT2D eigenvalue weighted by molar-refractivity contribution is 0.198. The van der Waals surface area contributed by atoms with Crippen LogP contribution in [0.15, 0.2) is 12.7 Å². The van der Waals surface area contributed by atoms with E-state index in [1.807, 2.05) is 6.08 Å². The van der Waals surface area contributed by atoms with Gasteiger partial charge in [-0.2, -0.15) is 0 Å². The second kappa shape index (κ2) is 4.58. The van der Waals surface area contributed by atoms with E-state index in [0.29, 0.717) is 0 Å². The molecule has 0 bridgehead atoms. The van der Waals surface area contributed by atoms with Crippen molar-refractivity contribution in [2.24, 2.45) is 0 Å². The van der Waals surface area contributed by atoms with Crippen LogP contribution < -0.4 is 0 Å². The van der Waals surface area contributed by atoms with Crippen molar-refractivity contribution in [1.29, 1.82) is 0 Å². The molecule has 0 spiro atoms. The van der Waals surface area contributed by atoms with E-state index in [-0.39, 0.29) is 16.1 Å². The van der Waals surface area contributed by atoms with Crippen LogP contribution in [0.1, 0.15) is 13.8 Å². The van der Waals surface area contributed by atoms with Gasteiger partial charge in [-0.15, -0.1) is 11.1 Å². The summed E-state index contributed by atoms with van der Waals surface area (Å²) in [4.78, 5) is 0. The summed E-state index contributed by atoms with van der Waals surface area (Å²) in [5.74, 6) is 0. The molecule has 6 heteroatoms. The molecule has 0 aromatic rings. The normalized spacial score (nSPS) is 33.0. The van der Waals surface area contributed by atoms with Gasteiger partial charge >= 0.3 is 7.23 Å². The van der Waals surface area contributed by atoms with Crippen LogP contribution in [0.4, 0.5) is 0 Å². The Kier molecular flexibility index (Phi) is 4.20. The lowest BCUT2D eigenvalue weighted by atomic mass is 10.0. The molecule has 1 heterocycles. The molecule has 3 atom stereocenters. The second-order valence-electron chi connectivity index (χ2n) is 3.25. The molecule has 0 aromatic heterocycles. The lowest BCUT2D eigenvalue weighted by Crippen LogP contribution is -2.34. The fourth-order valence-electron chi connectivity index (χ4n) is 1.12. The van der Waals surface area contributed by atoms with Crippen LogP contribution in [0.5, 0.6) is 0 Å². The molecule has 1 aliphatic rings. The second-order valence-corrected chi connectivity index (χ2v) is 7.95. The summed E-state index contributed by atoms with van der Waals surface area (Å²) in [5.41, 5.74) is 0. The Morgan fingerprint density at radius 2 is 2.31 bits per heavy atom. The van der Waals surface area contributed by atoms with Gasteiger partial charge in [0.25, 0.3) is 0 Å². The molecule has 0 aromatic carbocycles. The first-order chi connectivity index (χ1) is 5.97. The average molecular weight is 255 g/mol. The summed E-state index contributed by atoms with van der Waals surface area (Å²) < 4.78 is 16.1. The van der Waals surface area contributed by atoms with Gasteiger partial charge in [0.1, 0.15) is 18.4 Å². The molecule has 1 fully saturated rings. The fraction of sp³-hybridized carbons (Fsp3) is 0.714. The van der Waals surface area contributed by atoms with Crippen molar-refractivity contribution in [3.8, 4) is 0 Å². The number of rotatable bonds is 3. The van der Waals surface area contributed by atoms with Crippen LogP contribution in [0.3, 0.4) is 0 Å². The van der Waals surface area contributed by atoms with Gasteiger partial charge in [-0.25, -0.2) is 0 Å². The van der Waals surface area contributed by atoms with Crippen molar-refractivity contribution in [1.82, 2.24) is 0 Å². The van der Waals surface area contributed by atoms with E-state index in [1.54, 1.807) is 21.6 Å². The van der Waals surface area contributed by atoms with Gasteiger partial charge in [-0.3, -0.25) is 0 Å². The summed E-state index contributed by atoms with van der Waals surface area (Å²) in [6.45, 7) is 7.88. The highest BCUT2D eigenvalue weighted by molar-refractivity contribution is 8.78. The molecule has 0 saturated carbocycles. The third-order valence-corrected chi connectivity index (χ3v) is 6.15. The van der Waals surface area contributed by atoms with E-state index in [9.17, 15) is 4.57 Å². The molecule has 2 nitrogen and oxygen atoms in total. The maximum absolute atomic E-state index is 10.9. The first kappa shape index (κ1) is 11.9. The summed E-state index contributed by atoms with van der Waals surface area (Å²) in [5, 5.41) is 0.200. The maximum Gasteiger partial charge on any atom is 0.582 e. The minimum absolute atomic E-state index is 0.0305. The van der Waals surface area contributed by atoms with Crippen LogP contribution in [-0.2, 0) is 9.09 Å². The first-order valence-electron chi connectivity index (χ1n) is 3.77. The van der Waals surface area contributed by atoms with Crippen molar-refractivity contribution >= 4 is 41.1 Å². The molecule has 0 N–H and O–H groups in total. The van der Waals surface area contributed by atoms with Gasteiger partial charge in [0.2, 0.25) is 0 Å². The predicted octanol–water partition coefficient (Wildman–Crippen LogP) is 3.69. The van der Waals surface area contributed by atoms with Gasteiger partial charge in [-0.05, 0) is 18.4 Å². The summed E-state index contributed by atoms with van der Waals surface area (Å²) in [6, 6.07) is 0.